The lowest BCUT2D eigenvalue weighted by Crippen LogP contribution is -2.30. The number of aryl methyl sites for hydroxylation is 1. The van der Waals surface area contributed by atoms with Crippen molar-refractivity contribution in [2.45, 2.75) is 6.92 Å². The van der Waals surface area contributed by atoms with Crippen molar-refractivity contribution >= 4 is 17.7 Å². The SMILES string of the molecule is COc1c(F)c(F)cc(C(=O)NCCNc2nc(C)cc(N(C)C)n2)c1F. The molecular weight excluding hydrogens is 363 g/mol. The summed E-state index contributed by atoms with van der Waals surface area (Å²) in [5.41, 5.74) is 0.114. The average Bonchev–Trinajstić information content (AvgIpc) is 2.61. The van der Waals surface area contributed by atoms with Gasteiger partial charge in [-0.3, -0.25) is 4.79 Å². The Bertz CT molecular complexity index is 846. The largest absolute Gasteiger partial charge is 0.491 e. The lowest BCUT2D eigenvalue weighted by molar-refractivity contribution is 0.0949. The number of carbonyl (C=O) groups is 1. The van der Waals surface area contributed by atoms with Gasteiger partial charge in [-0.05, 0) is 13.0 Å². The molecule has 0 saturated carbocycles. The van der Waals surface area contributed by atoms with Crippen LogP contribution in [0.15, 0.2) is 12.1 Å². The fraction of sp³-hybridized carbons (Fsp3) is 0.353. The van der Waals surface area contributed by atoms with E-state index in [1.807, 2.05) is 32.0 Å². The number of amides is 1. The highest BCUT2D eigenvalue weighted by Gasteiger charge is 2.23. The molecule has 0 bridgehead atoms. The predicted octanol–water partition coefficient (Wildman–Crippen LogP) is 2.12. The van der Waals surface area contributed by atoms with E-state index in [9.17, 15) is 18.0 Å². The molecule has 0 saturated heterocycles. The van der Waals surface area contributed by atoms with Gasteiger partial charge in [0.1, 0.15) is 5.82 Å². The molecule has 1 heterocycles. The minimum Gasteiger partial charge on any atom is -0.491 e. The van der Waals surface area contributed by atoms with Gasteiger partial charge >= 0.3 is 0 Å². The number of hydrogen-bond acceptors (Lipinski definition) is 6. The monoisotopic (exact) mass is 383 g/mol. The number of anilines is 2. The number of rotatable bonds is 7. The van der Waals surface area contributed by atoms with Gasteiger partial charge in [0.2, 0.25) is 11.8 Å². The topological polar surface area (TPSA) is 79.4 Å². The Balaban J connectivity index is 1.99. The number of nitrogens with zero attached hydrogens (tertiary/aromatic N) is 3. The van der Waals surface area contributed by atoms with Crippen LogP contribution < -0.4 is 20.3 Å². The maximum Gasteiger partial charge on any atom is 0.254 e. The van der Waals surface area contributed by atoms with Crippen LogP contribution in [0.1, 0.15) is 16.1 Å². The molecule has 7 nitrogen and oxygen atoms in total. The molecule has 0 spiro atoms. The smallest absolute Gasteiger partial charge is 0.254 e. The first-order valence-corrected chi connectivity index (χ1v) is 8.01. The van der Waals surface area contributed by atoms with Crippen molar-refractivity contribution in [3.63, 3.8) is 0 Å². The van der Waals surface area contributed by atoms with E-state index in [0.717, 1.165) is 12.8 Å². The lowest BCUT2D eigenvalue weighted by Gasteiger charge is -2.14. The Morgan fingerprint density at radius 1 is 1.15 bits per heavy atom. The van der Waals surface area contributed by atoms with E-state index >= 15 is 0 Å². The molecule has 1 aromatic carbocycles. The molecule has 1 aromatic heterocycles. The van der Waals surface area contributed by atoms with Gasteiger partial charge in [0, 0.05) is 38.9 Å². The molecule has 0 radical (unpaired) electrons. The Labute approximate surface area is 154 Å². The number of halogens is 3. The van der Waals surface area contributed by atoms with Crippen LogP contribution in [-0.2, 0) is 0 Å². The molecule has 0 aliphatic carbocycles. The zero-order valence-electron chi connectivity index (χ0n) is 15.4. The summed E-state index contributed by atoms with van der Waals surface area (Å²) in [7, 11) is 4.67. The van der Waals surface area contributed by atoms with Crippen molar-refractivity contribution < 1.29 is 22.7 Å². The van der Waals surface area contributed by atoms with Crippen molar-refractivity contribution in [3.05, 3.63) is 40.8 Å². The molecule has 2 aromatic rings. The fourth-order valence-electron chi connectivity index (χ4n) is 2.23. The molecule has 0 unspecified atom stereocenters. The van der Waals surface area contributed by atoms with Crippen LogP contribution in [0.4, 0.5) is 24.9 Å². The second-order valence-electron chi connectivity index (χ2n) is 5.84. The maximum atomic E-state index is 14.1. The van der Waals surface area contributed by atoms with Crippen molar-refractivity contribution in [2.24, 2.45) is 0 Å². The minimum atomic E-state index is -1.48. The summed E-state index contributed by atoms with van der Waals surface area (Å²) >= 11 is 0. The van der Waals surface area contributed by atoms with Gasteiger partial charge in [-0.25, -0.2) is 13.8 Å². The number of methoxy groups -OCH3 is 1. The molecule has 0 aliphatic heterocycles. The number of hydrogen-bond donors (Lipinski definition) is 2. The third-order valence-corrected chi connectivity index (χ3v) is 3.56. The Kier molecular flexibility index (Phi) is 6.43. The Morgan fingerprint density at radius 3 is 2.48 bits per heavy atom. The Morgan fingerprint density at radius 2 is 1.85 bits per heavy atom. The van der Waals surface area contributed by atoms with E-state index in [-0.39, 0.29) is 13.1 Å². The van der Waals surface area contributed by atoms with E-state index in [1.165, 1.54) is 0 Å². The fourth-order valence-corrected chi connectivity index (χ4v) is 2.23. The predicted molar refractivity (Wildman–Crippen MR) is 94.8 cm³/mol. The Hall–Kier alpha value is -3.04. The first kappa shape index (κ1) is 20.3. The normalized spacial score (nSPS) is 10.5. The lowest BCUT2D eigenvalue weighted by atomic mass is 10.1. The summed E-state index contributed by atoms with van der Waals surface area (Å²) in [6.07, 6.45) is 0. The number of ether oxygens (including phenoxy) is 1. The van der Waals surface area contributed by atoms with Gasteiger partial charge in [0.25, 0.3) is 5.91 Å². The highest BCUT2D eigenvalue weighted by atomic mass is 19.2. The van der Waals surface area contributed by atoms with Crippen LogP contribution in [0.5, 0.6) is 5.75 Å². The molecule has 0 aliphatic rings. The van der Waals surface area contributed by atoms with E-state index in [2.05, 4.69) is 25.3 Å². The third-order valence-electron chi connectivity index (χ3n) is 3.56. The number of benzene rings is 1. The minimum absolute atomic E-state index is 0.0776. The summed E-state index contributed by atoms with van der Waals surface area (Å²) in [5, 5.41) is 5.34. The first-order chi connectivity index (χ1) is 12.7. The quantitative estimate of drug-likeness (QED) is 0.563. The molecule has 0 fully saturated rings. The van der Waals surface area contributed by atoms with E-state index < -0.39 is 34.7 Å². The number of carbonyl (C=O) groups excluding carboxylic acids is 1. The van der Waals surface area contributed by atoms with Crippen molar-refractivity contribution in [2.75, 3.05) is 44.5 Å². The van der Waals surface area contributed by atoms with Gasteiger partial charge in [0.15, 0.2) is 17.4 Å². The van der Waals surface area contributed by atoms with Crippen molar-refractivity contribution in [1.82, 2.24) is 15.3 Å². The van der Waals surface area contributed by atoms with E-state index in [0.29, 0.717) is 17.8 Å². The zero-order chi connectivity index (χ0) is 20.1. The zero-order valence-corrected chi connectivity index (χ0v) is 15.4. The van der Waals surface area contributed by atoms with Gasteiger partial charge in [0.05, 0.1) is 12.7 Å². The summed E-state index contributed by atoms with van der Waals surface area (Å²) in [6, 6.07) is 2.30. The van der Waals surface area contributed by atoms with Gasteiger partial charge < -0.3 is 20.3 Å². The standard InChI is InChI=1S/C17H20F3N5O2/c1-9-7-12(25(2)3)24-17(23-9)22-6-5-21-16(26)10-8-11(18)14(20)15(27-4)13(10)19/h7-8H,5-6H2,1-4H3,(H,21,26)(H,22,23,24). The maximum absolute atomic E-state index is 14.1. The van der Waals surface area contributed by atoms with Crippen LogP contribution in [-0.4, -0.2) is 50.2 Å². The summed E-state index contributed by atoms with van der Waals surface area (Å²) in [4.78, 5) is 22.4. The summed E-state index contributed by atoms with van der Waals surface area (Å²) < 4.78 is 45.4. The molecule has 27 heavy (non-hydrogen) atoms. The van der Waals surface area contributed by atoms with Gasteiger partial charge in [-0.2, -0.15) is 9.37 Å². The second kappa shape index (κ2) is 8.56. The third kappa shape index (κ3) is 4.78. The van der Waals surface area contributed by atoms with Crippen LogP contribution in [0.3, 0.4) is 0 Å². The average molecular weight is 383 g/mol. The summed E-state index contributed by atoms with van der Waals surface area (Å²) in [6.45, 7) is 2.14. The molecule has 0 atom stereocenters. The van der Waals surface area contributed by atoms with Gasteiger partial charge in [-0.15, -0.1) is 0 Å². The van der Waals surface area contributed by atoms with Crippen LogP contribution in [0, 0.1) is 24.4 Å². The molecule has 1 amide bonds. The molecule has 2 N–H and O–H groups in total. The number of nitrogens with one attached hydrogen (secondary N) is 2. The highest BCUT2D eigenvalue weighted by molar-refractivity contribution is 5.95. The molecule has 10 heteroatoms. The van der Waals surface area contributed by atoms with E-state index in [1.54, 1.807) is 0 Å². The second-order valence-corrected chi connectivity index (χ2v) is 5.84. The van der Waals surface area contributed by atoms with Crippen LogP contribution in [0.2, 0.25) is 0 Å². The molecular formula is C17H20F3N5O2. The van der Waals surface area contributed by atoms with Crippen LogP contribution >= 0.6 is 0 Å². The number of aromatic nitrogens is 2. The highest BCUT2D eigenvalue weighted by Crippen LogP contribution is 2.26. The van der Waals surface area contributed by atoms with Crippen molar-refractivity contribution in [3.8, 4) is 5.75 Å². The van der Waals surface area contributed by atoms with Crippen LogP contribution in [0.25, 0.3) is 0 Å². The molecule has 146 valence electrons. The summed E-state index contributed by atoms with van der Waals surface area (Å²) in [5.74, 6) is -4.88. The molecule has 2 rings (SSSR count). The van der Waals surface area contributed by atoms with E-state index in [4.69, 9.17) is 0 Å². The van der Waals surface area contributed by atoms with Gasteiger partial charge in [-0.1, -0.05) is 0 Å². The van der Waals surface area contributed by atoms with Crippen molar-refractivity contribution in [1.29, 1.82) is 0 Å². The first-order valence-electron chi connectivity index (χ1n) is 8.01.